The zero-order chi connectivity index (χ0) is 8.39. The molecule has 0 bridgehead atoms. The predicted molar refractivity (Wildman–Crippen MR) is 52.0 cm³/mol. The fraction of sp³-hybridized carbons (Fsp3) is 0. The second kappa shape index (κ2) is 3.07. The lowest BCUT2D eigenvalue weighted by molar-refractivity contribution is 0.727. The number of hydrogen-bond donors (Lipinski definition) is 0. The Morgan fingerprint density at radius 2 is 2.08 bits per heavy atom. The summed E-state index contributed by atoms with van der Waals surface area (Å²) in [5.74, 6) is 0. The van der Waals surface area contributed by atoms with E-state index in [9.17, 15) is 4.39 Å². The Labute approximate surface area is 74.0 Å². The highest BCUT2D eigenvalue weighted by Gasteiger charge is 1.98. The molecule has 0 saturated heterocycles. The second-order valence-corrected chi connectivity index (χ2v) is 3.39. The first-order valence-electron chi connectivity index (χ1n) is 3.65. The zero-order valence-corrected chi connectivity index (χ0v) is 7.14. The van der Waals surface area contributed by atoms with Gasteiger partial charge in [0.1, 0.15) is 0 Å². The van der Waals surface area contributed by atoms with Gasteiger partial charge >= 0.3 is 0 Å². The molecule has 12 heavy (non-hydrogen) atoms. The van der Waals surface area contributed by atoms with Gasteiger partial charge in [0.15, 0.2) is 0 Å². The van der Waals surface area contributed by atoms with Crippen molar-refractivity contribution in [3.8, 4) is 0 Å². The number of hydrogen-bond acceptors (Lipinski definition) is 1. The van der Waals surface area contributed by atoms with Gasteiger partial charge in [0.05, 0.1) is 6.33 Å². The van der Waals surface area contributed by atoms with Gasteiger partial charge in [-0.3, -0.25) is 0 Å². The van der Waals surface area contributed by atoms with Crippen molar-refractivity contribution in [1.82, 2.24) is 0 Å². The maximum absolute atomic E-state index is 11.9. The molecule has 0 aliphatic carbocycles. The van der Waals surface area contributed by atoms with Crippen molar-refractivity contribution in [3.63, 3.8) is 0 Å². The van der Waals surface area contributed by atoms with Crippen molar-refractivity contribution in [1.29, 1.82) is 0 Å². The Balaban J connectivity index is 2.70. The van der Waals surface area contributed by atoms with Crippen molar-refractivity contribution in [2.45, 2.75) is 0 Å². The third-order valence-corrected chi connectivity index (χ3v) is 2.74. The van der Waals surface area contributed by atoms with E-state index in [1.54, 1.807) is 11.3 Å². The summed E-state index contributed by atoms with van der Waals surface area (Å²) in [6.07, 6.45) is 2.06. The van der Waals surface area contributed by atoms with Crippen LogP contribution in [0.4, 0.5) is 4.39 Å². The van der Waals surface area contributed by atoms with Gasteiger partial charge in [-0.2, -0.15) is 0 Å². The molecular weight excluding hydrogens is 171 g/mol. The van der Waals surface area contributed by atoms with Crippen LogP contribution in [-0.4, -0.2) is 0 Å². The Morgan fingerprint density at radius 1 is 1.25 bits per heavy atom. The van der Waals surface area contributed by atoms with Crippen LogP contribution in [0.2, 0.25) is 0 Å². The molecule has 1 aromatic heterocycles. The van der Waals surface area contributed by atoms with Crippen LogP contribution in [0.25, 0.3) is 16.2 Å². The van der Waals surface area contributed by atoms with Crippen molar-refractivity contribution >= 4 is 27.5 Å². The highest BCUT2D eigenvalue weighted by molar-refractivity contribution is 7.17. The lowest BCUT2D eigenvalue weighted by Crippen LogP contribution is -1.65. The molecule has 1 heterocycles. The van der Waals surface area contributed by atoms with Gasteiger partial charge in [0.25, 0.3) is 0 Å². The molecule has 2 aromatic rings. The summed E-state index contributed by atoms with van der Waals surface area (Å²) in [7, 11) is 0. The van der Waals surface area contributed by atoms with Crippen molar-refractivity contribution in [3.05, 3.63) is 41.5 Å². The zero-order valence-electron chi connectivity index (χ0n) is 6.33. The summed E-state index contributed by atoms with van der Waals surface area (Å²) in [6.45, 7) is 0. The van der Waals surface area contributed by atoms with Gasteiger partial charge < -0.3 is 0 Å². The van der Waals surface area contributed by atoms with Crippen LogP contribution < -0.4 is 0 Å². The van der Waals surface area contributed by atoms with Gasteiger partial charge in [-0.15, -0.1) is 11.3 Å². The first-order chi connectivity index (χ1) is 5.92. The summed E-state index contributed by atoms with van der Waals surface area (Å²) >= 11 is 1.64. The monoisotopic (exact) mass is 178 g/mol. The minimum atomic E-state index is 0.578. The molecule has 2 rings (SSSR count). The van der Waals surface area contributed by atoms with Gasteiger partial charge in [-0.05, 0) is 28.5 Å². The Kier molecular flexibility index (Phi) is 1.92. The number of fused-ring (bicyclic) bond motifs is 1. The summed E-state index contributed by atoms with van der Waals surface area (Å²) in [4.78, 5) is 0. The highest BCUT2D eigenvalue weighted by Crippen LogP contribution is 2.26. The lowest BCUT2D eigenvalue weighted by atomic mass is 10.2. The maximum atomic E-state index is 11.9. The molecule has 0 atom stereocenters. The van der Waals surface area contributed by atoms with E-state index >= 15 is 0 Å². The van der Waals surface area contributed by atoms with E-state index in [0.717, 1.165) is 10.9 Å². The first-order valence-corrected chi connectivity index (χ1v) is 4.53. The molecule has 0 amide bonds. The fourth-order valence-electron chi connectivity index (χ4n) is 1.20. The smallest absolute Gasteiger partial charge is 0.0873 e. The predicted octanol–water partition coefficient (Wildman–Crippen LogP) is 3.84. The molecule has 0 radical (unpaired) electrons. The molecule has 1 aromatic carbocycles. The molecule has 0 nitrogen and oxygen atoms in total. The van der Waals surface area contributed by atoms with Crippen LogP contribution in [0.15, 0.2) is 36.0 Å². The minimum absolute atomic E-state index is 0.578. The number of thiophene rings is 1. The quantitative estimate of drug-likeness (QED) is 0.622. The molecular formula is C10H7FS. The summed E-state index contributed by atoms with van der Waals surface area (Å²) < 4.78 is 13.1. The highest BCUT2D eigenvalue weighted by atomic mass is 32.1. The van der Waals surface area contributed by atoms with Gasteiger partial charge in [0.2, 0.25) is 0 Å². The van der Waals surface area contributed by atoms with Crippen molar-refractivity contribution in [2.75, 3.05) is 0 Å². The van der Waals surface area contributed by atoms with Gasteiger partial charge in [-0.1, -0.05) is 18.2 Å². The second-order valence-electron chi connectivity index (χ2n) is 2.48. The third kappa shape index (κ3) is 1.14. The first kappa shape index (κ1) is 7.50. The van der Waals surface area contributed by atoms with E-state index in [1.165, 1.54) is 10.8 Å². The van der Waals surface area contributed by atoms with Crippen LogP contribution >= 0.6 is 11.3 Å². The van der Waals surface area contributed by atoms with Gasteiger partial charge in [-0.25, -0.2) is 4.39 Å². The molecule has 0 fully saturated rings. The Bertz CT molecular complexity index is 414. The van der Waals surface area contributed by atoms with Gasteiger partial charge in [0, 0.05) is 4.70 Å². The molecule has 0 unspecified atom stereocenters. The molecule has 60 valence electrons. The largest absolute Gasteiger partial charge is 0.216 e. The average Bonchev–Trinajstić information content (AvgIpc) is 2.50. The molecule has 0 saturated carbocycles. The van der Waals surface area contributed by atoms with Crippen molar-refractivity contribution in [2.24, 2.45) is 0 Å². The minimum Gasteiger partial charge on any atom is -0.216 e. The number of halogens is 1. The van der Waals surface area contributed by atoms with Crippen LogP contribution in [-0.2, 0) is 0 Å². The molecule has 0 aliphatic rings. The van der Waals surface area contributed by atoms with Crippen LogP contribution in [0.3, 0.4) is 0 Å². The summed E-state index contributed by atoms with van der Waals surface area (Å²) in [6, 6.07) is 7.99. The van der Waals surface area contributed by atoms with E-state index in [-0.39, 0.29) is 0 Å². The van der Waals surface area contributed by atoms with Crippen LogP contribution in [0.1, 0.15) is 5.56 Å². The molecule has 0 aliphatic heterocycles. The van der Waals surface area contributed by atoms with E-state index in [2.05, 4.69) is 0 Å². The summed E-state index contributed by atoms with van der Waals surface area (Å²) in [5.41, 5.74) is 0.957. The number of benzene rings is 1. The third-order valence-electron chi connectivity index (χ3n) is 1.75. The van der Waals surface area contributed by atoms with Crippen LogP contribution in [0.5, 0.6) is 0 Å². The Hall–Kier alpha value is -1.15. The topological polar surface area (TPSA) is 0 Å². The standard InChI is InChI=1S/C10H7FS/c11-6-5-8-7-12-10-4-2-1-3-9(8)10/h1-7H/b6-5+. The fourth-order valence-corrected chi connectivity index (χ4v) is 2.12. The summed E-state index contributed by atoms with van der Waals surface area (Å²) in [5, 5.41) is 3.08. The maximum Gasteiger partial charge on any atom is 0.0873 e. The normalized spacial score (nSPS) is 11.4. The van der Waals surface area contributed by atoms with E-state index in [1.807, 2.05) is 29.6 Å². The van der Waals surface area contributed by atoms with Crippen LogP contribution in [0, 0.1) is 0 Å². The number of rotatable bonds is 1. The average molecular weight is 178 g/mol. The Morgan fingerprint density at radius 3 is 2.92 bits per heavy atom. The van der Waals surface area contributed by atoms with E-state index in [4.69, 9.17) is 0 Å². The molecule has 0 N–H and O–H groups in total. The van der Waals surface area contributed by atoms with E-state index < -0.39 is 0 Å². The van der Waals surface area contributed by atoms with E-state index in [0.29, 0.717) is 6.33 Å². The molecule has 2 heteroatoms. The SMILES string of the molecule is F/C=C/c1csc2ccccc12. The molecule has 0 spiro atoms. The van der Waals surface area contributed by atoms with Crippen molar-refractivity contribution < 1.29 is 4.39 Å². The lowest BCUT2D eigenvalue weighted by Gasteiger charge is -1.88.